The second-order valence-corrected chi connectivity index (χ2v) is 10.7. The number of fused-ring (bicyclic) bond motifs is 1. The lowest BCUT2D eigenvalue weighted by molar-refractivity contribution is -0.136. The summed E-state index contributed by atoms with van der Waals surface area (Å²) in [4.78, 5) is 45.3. The maximum atomic E-state index is 13.1. The average Bonchev–Trinajstić information content (AvgIpc) is 3.29. The molecule has 2 aromatic carbocycles. The molecule has 40 heavy (non-hydrogen) atoms. The van der Waals surface area contributed by atoms with Gasteiger partial charge in [0.1, 0.15) is 17.9 Å². The molecular formula is C31H33N5O4. The molecule has 3 amide bonds. The number of likely N-dealkylation sites (tertiary alicyclic amines) is 1. The molecule has 206 valence electrons. The van der Waals surface area contributed by atoms with Crippen LogP contribution in [0.1, 0.15) is 46.3 Å². The van der Waals surface area contributed by atoms with Gasteiger partial charge in [0.2, 0.25) is 11.8 Å². The van der Waals surface area contributed by atoms with Crippen LogP contribution in [-0.4, -0.2) is 63.8 Å². The van der Waals surface area contributed by atoms with E-state index in [1.54, 1.807) is 17.2 Å². The summed E-state index contributed by atoms with van der Waals surface area (Å²) in [5.74, 6) is -0.172. The number of ether oxygens (including phenoxy) is 1. The highest BCUT2D eigenvalue weighted by molar-refractivity contribution is 6.05. The van der Waals surface area contributed by atoms with E-state index < -0.39 is 11.9 Å². The molecule has 3 aliphatic heterocycles. The maximum absolute atomic E-state index is 13.1. The lowest BCUT2D eigenvalue weighted by Crippen LogP contribution is -2.54. The largest absolute Gasteiger partial charge is 0.487 e. The first kappa shape index (κ1) is 26.2. The highest BCUT2D eigenvalue weighted by atomic mass is 16.5. The van der Waals surface area contributed by atoms with Crippen molar-refractivity contribution in [2.24, 2.45) is 0 Å². The van der Waals surface area contributed by atoms with Gasteiger partial charge in [-0.1, -0.05) is 36.4 Å². The molecule has 2 fully saturated rings. The van der Waals surface area contributed by atoms with Gasteiger partial charge in [0.15, 0.2) is 0 Å². The number of benzene rings is 2. The first-order chi connectivity index (χ1) is 19.5. The normalized spacial score (nSPS) is 23.1. The van der Waals surface area contributed by atoms with Crippen LogP contribution in [0.3, 0.4) is 0 Å². The summed E-state index contributed by atoms with van der Waals surface area (Å²) in [6.07, 6.45) is 5.10. The molecule has 0 radical (unpaired) electrons. The topological polar surface area (TPSA) is 104 Å². The van der Waals surface area contributed by atoms with Crippen molar-refractivity contribution in [2.45, 2.75) is 57.1 Å². The SMILES string of the molecule is O=C1CCC(N2Cc3cc(O[C@@H]4CN(Cc5cccnc5)CC[C@H]4NCc4ccccc4)ccc3C2=O)C(=O)N1. The number of rotatable bonds is 8. The van der Waals surface area contributed by atoms with E-state index >= 15 is 0 Å². The molecule has 9 nitrogen and oxygen atoms in total. The third kappa shape index (κ3) is 5.76. The van der Waals surface area contributed by atoms with Crippen molar-refractivity contribution in [3.63, 3.8) is 0 Å². The molecule has 4 heterocycles. The van der Waals surface area contributed by atoms with Crippen LogP contribution in [-0.2, 0) is 29.2 Å². The Hall–Kier alpha value is -4.08. The molecule has 1 aromatic heterocycles. The lowest BCUT2D eigenvalue weighted by atomic mass is 10.00. The van der Waals surface area contributed by atoms with Crippen LogP contribution in [0, 0.1) is 0 Å². The van der Waals surface area contributed by atoms with E-state index in [0.717, 1.165) is 38.2 Å². The van der Waals surface area contributed by atoms with E-state index in [1.165, 1.54) is 11.1 Å². The molecule has 1 unspecified atom stereocenters. The maximum Gasteiger partial charge on any atom is 0.255 e. The zero-order valence-electron chi connectivity index (χ0n) is 22.3. The van der Waals surface area contributed by atoms with Crippen molar-refractivity contribution in [1.82, 2.24) is 25.4 Å². The zero-order chi connectivity index (χ0) is 27.5. The first-order valence-corrected chi connectivity index (χ1v) is 13.9. The van der Waals surface area contributed by atoms with Crippen molar-refractivity contribution in [3.8, 4) is 5.75 Å². The van der Waals surface area contributed by atoms with Crippen LogP contribution >= 0.6 is 0 Å². The minimum Gasteiger partial charge on any atom is -0.487 e. The molecule has 6 rings (SSSR count). The number of nitrogens with one attached hydrogen (secondary N) is 2. The Morgan fingerprint density at radius 1 is 1.00 bits per heavy atom. The third-order valence-electron chi connectivity index (χ3n) is 7.97. The van der Waals surface area contributed by atoms with E-state index in [2.05, 4.69) is 38.7 Å². The fraction of sp³-hybridized carbons (Fsp3) is 0.355. The molecular weight excluding hydrogens is 506 g/mol. The van der Waals surface area contributed by atoms with Crippen molar-refractivity contribution >= 4 is 17.7 Å². The number of hydrogen-bond acceptors (Lipinski definition) is 7. The lowest BCUT2D eigenvalue weighted by Gasteiger charge is -2.39. The van der Waals surface area contributed by atoms with Gasteiger partial charge < -0.3 is 15.0 Å². The number of imide groups is 1. The molecule has 3 aliphatic rings. The van der Waals surface area contributed by atoms with Crippen LogP contribution in [0.2, 0.25) is 0 Å². The van der Waals surface area contributed by atoms with Crippen molar-refractivity contribution in [1.29, 1.82) is 0 Å². The summed E-state index contributed by atoms with van der Waals surface area (Å²) < 4.78 is 6.63. The summed E-state index contributed by atoms with van der Waals surface area (Å²) in [6, 6.07) is 19.5. The molecule has 3 aromatic rings. The number of pyridine rings is 1. The number of piperidine rings is 2. The summed E-state index contributed by atoms with van der Waals surface area (Å²) >= 11 is 0. The van der Waals surface area contributed by atoms with Gasteiger partial charge in [-0.15, -0.1) is 0 Å². The number of aromatic nitrogens is 1. The molecule has 3 atom stereocenters. The quantitative estimate of drug-likeness (QED) is 0.424. The number of hydrogen-bond donors (Lipinski definition) is 2. The van der Waals surface area contributed by atoms with Gasteiger partial charge in [-0.05, 0) is 53.8 Å². The van der Waals surface area contributed by atoms with Gasteiger partial charge in [-0.3, -0.25) is 29.6 Å². The third-order valence-corrected chi connectivity index (χ3v) is 7.97. The van der Waals surface area contributed by atoms with E-state index in [-0.39, 0.29) is 30.4 Å². The van der Waals surface area contributed by atoms with Gasteiger partial charge in [0.05, 0.1) is 0 Å². The fourth-order valence-electron chi connectivity index (χ4n) is 5.87. The second kappa shape index (κ2) is 11.6. The molecule has 2 saturated heterocycles. The van der Waals surface area contributed by atoms with Crippen molar-refractivity contribution in [2.75, 3.05) is 13.1 Å². The number of carbonyl (C=O) groups excluding carboxylic acids is 3. The summed E-state index contributed by atoms with van der Waals surface area (Å²) in [5, 5.41) is 6.07. The van der Waals surface area contributed by atoms with E-state index in [1.807, 2.05) is 42.6 Å². The Balaban J connectivity index is 1.17. The first-order valence-electron chi connectivity index (χ1n) is 13.9. The Morgan fingerprint density at radius 2 is 1.85 bits per heavy atom. The van der Waals surface area contributed by atoms with Crippen LogP contribution in [0.15, 0.2) is 73.1 Å². The molecule has 9 heteroatoms. The smallest absolute Gasteiger partial charge is 0.255 e. The Morgan fingerprint density at radius 3 is 2.65 bits per heavy atom. The van der Waals surface area contributed by atoms with Crippen LogP contribution in [0.5, 0.6) is 5.75 Å². The van der Waals surface area contributed by atoms with Crippen LogP contribution in [0.25, 0.3) is 0 Å². The van der Waals surface area contributed by atoms with Crippen molar-refractivity contribution in [3.05, 3.63) is 95.3 Å². The predicted octanol–water partition coefficient (Wildman–Crippen LogP) is 2.65. The second-order valence-electron chi connectivity index (χ2n) is 10.7. The zero-order valence-corrected chi connectivity index (χ0v) is 22.3. The number of nitrogens with zero attached hydrogens (tertiary/aromatic N) is 3. The van der Waals surface area contributed by atoms with Crippen molar-refractivity contribution < 1.29 is 19.1 Å². The van der Waals surface area contributed by atoms with E-state index in [0.29, 0.717) is 24.3 Å². The predicted molar refractivity (Wildman–Crippen MR) is 148 cm³/mol. The minimum atomic E-state index is -0.632. The highest BCUT2D eigenvalue weighted by Crippen LogP contribution is 2.31. The fourth-order valence-corrected chi connectivity index (χ4v) is 5.87. The van der Waals surface area contributed by atoms with E-state index in [4.69, 9.17) is 4.74 Å². The van der Waals surface area contributed by atoms with Crippen LogP contribution < -0.4 is 15.4 Å². The van der Waals surface area contributed by atoms with Gasteiger partial charge in [-0.25, -0.2) is 0 Å². The molecule has 0 aliphatic carbocycles. The van der Waals surface area contributed by atoms with Gasteiger partial charge in [0, 0.05) is 63.1 Å². The molecule has 0 spiro atoms. The molecule has 2 N–H and O–H groups in total. The monoisotopic (exact) mass is 539 g/mol. The van der Waals surface area contributed by atoms with Gasteiger partial charge in [0.25, 0.3) is 5.91 Å². The number of carbonyl (C=O) groups is 3. The molecule has 0 saturated carbocycles. The Labute approximate surface area is 233 Å². The van der Waals surface area contributed by atoms with E-state index in [9.17, 15) is 14.4 Å². The van der Waals surface area contributed by atoms with Gasteiger partial charge in [-0.2, -0.15) is 0 Å². The molecule has 0 bridgehead atoms. The Kier molecular flexibility index (Phi) is 7.57. The highest BCUT2D eigenvalue weighted by Gasteiger charge is 2.39. The standard InChI is InChI=1S/C31H33N5O4/c37-29-11-10-27(30(38)34-29)36-19-23-15-24(8-9-25(23)31(36)39)40-28-20-35(18-22-7-4-13-32-16-22)14-12-26(28)33-17-21-5-2-1-3-6-21/h1-9,13,15-16,26-28,33H,10-12,14,17-20H2,(H,34,37,38)/t26-,27?,28-/m1/s1. The summed E-state index contributed by atoms with van der Waals surface area (Å²) in [5.41, 5.74) is 3.81. The van der Waals surface area contributed by atoms with Gasteiger partial charge >= 0.3 is 0 Å². The van der Waals surface area contributed by atoms with Crippen LogP contribution in [0.4, 0.5) is 0 Å². The summed E-state index contributed by atoms with van der Waals surface area (Å²) in [6.45, 7) is 3.58. The summed E-state index contributed by atoms with van der Waals surface area (Å²) in [7, 11) is 0. The Bertz CT molecular complexity index is 1380. The number of amides is 3. The average molecular weight is 540 g/mol. The minimum absolute atomic E-state index is 0.101.